The minimum Gasteiger partial charge on any atom is -0.497 e. The number of methoxy groups -OCH3 is 4. The van der Waals surface area contributed by atoms with Crippen LogP contribution in [-0.2, 0) is 13.2 Å². The number of ether oxygens (including phenoxy) is 6. The van der Waals surface area contributed by atoms with Crippen LogP contribution in [0.2, 0.25) is 0 Å². The van der Waals surface area contributed by atoms with Crippen LogP contribution < -0.4 is 28.4 Å². The number of hydrogen-bond donors (Lipinski definition) is 0. The molecule has 6 nitrogen and oxygen atoms in total. The van der Waals surface area contributed by atoms with Crippen molar-refractivity contribution in [1.29, 1.82) is 0 Å². The third-order valence-electron chi connectivity index (χ3n) is 4.50. The van der Waals surface area contributed by atoms with Gasteiger partial charge in [-0.1, -0.05) is 25.6 Å². The lowest BCUT2D eigenvalue weighted by atomic mass is 10.2. The third-order valence-corrected chi connectivity index (χ3v) is 4.50. The van der Waals surface area contributed by atoms with E-state index in [-0.39, 0.29) is 7.43 Å². The molecule has 0 fully saturated rings. The maximum atomic E-state index is 6.01. The van der Waals surface area contributed by atoms with E-state index in [1.807, 2.05) is 60.7 Å². The molecule has 166 valence electrons. The molecule has 0 aliphatic rings. The molecule has 0 amide bonds. The summed E-state index contributed by atoms with van der Waals surface area (Å²) in [6.45, 7) is 0.720. The molecule has 0 bridgehead atoms. The van der Waals surface area contributed by atoms with E-state index in [1.165, 1.54) is 0 Å². The first kappa shape index (κ1) is 23.7. The molecule has 0 spiro atoms. The Bertz CT molecular complexity index is 948. The van der Waals surface area contributed by atoms with E-state index in [1.54, 1.807) is 28.4 Å². The summed E-state index contributed by atoms with van der Waals surface area (Å²) in [4.78, 5) is 0. The van der Waals surface area contributed by atoms with Crippen LogP contribution in [0.25, 0.3) is 0 Å². The van der Waals surface area contributed by atoms with E-state index in [2.05, 4.69) is 0 Å². The maximum Gasteiger partial charge on any atom is 0.161 e. The van der Waals surface area contributed by atoms with Gasteiger partial charge in [-0.05, 0) is 47.5 Å². The first-order valence-electron chi connectivity index (χ1n) is 9.44. The van der Waals surface area contributed by atoms with Gasteiger partial charge in [-0.25, -0.2) is 0 Å². The first-order valence-corrected chi connectivity index (χ1v) is 9.44. The van der Waals surface area contributed by atoms with Crippen molar-refractivity contribution in [3.63, 3.8) is 0 Å². The zero-order valence-electron chi connectivity index (χ0n) is 17.6. The van der Waals surface area contributed by atoms with Crippen molar-refractivity contribution in [3.05, 3.63) is 71.8 Å². The van der Waals surface area contributed by atoms with E-state index in [4.69, 9.17) is 28.4 Å². The zero-order chi connectivity index (χ0) is 21.3. The van der Waals surface area contributed by atoms with Gasteiger partial charge in [0.05, 0.1) is 28.4 Å². The molecule has 0 saturated heterocycles. The SMILES string of the molecule is C.COc1cc(COc2ccccc2OCc2ccc(OC)c(OC)c2)cc(OC)c1. The van der Waals surface area contributed by atoms with Gasteiger partial charge in [0.1, 0.15) is 24.7 Å². The highest BCUT2D eigenvalue weighted by Crippen LogP contribution is 2.31. The van der Waals surface area contributed by atoms with Gasteiger partial charge in [0.15, 0.2) is 23.0 Å². The summed E-state index contributed by atoms with van der Waals surface area (Å²) in [5.74, 6) is 4.08. The van der Waals surface area contributed by atoms with Crippen molar-refractivity contribution in [1.82, 2.24) is 0 Å². The Labute approximate surface area is 184 Å². The Hall–Kier alpha value is -3.54. The average Bonchev–Trinajstić information content (AvgIpc) is 2.81. The van der Waals surface area contributed by atoms with Crippen LogP contribution in [0.4, 0.5) is 0 Å². The van der Waals surface area contributed by atoms with E-state index >= 15 is 0 Å². The molecule has 0 aliphatic carbocycles. The molecule has 0 heterocycles. The summed E-state index contributed by atoms with van der Waals surface area (Å²) in [5.41, 5.74) is 1.89. The van der Waals surface area contributed by atoms with Crippen LogP contribution in [-0.4, -0.2) is 28.4 Å². The van der Waals surface area contributed by atoms with Gasteiger partial charge >= 0.3 is 0 Å². The lowest BCUT2D eigenvalue weighted by Crippen LogP contribution is -2.01. The van der Waals surface area contributed by atoms with Gasteiger partial charge in [0, 0.05) is 6.07 Å². The van der Waals surface area contributed by atoms with Crippen LogP contribution in [0.15, 0.2) is 60.7 Å². The topological polar surface area (TPSA) is 55.4 Å². The van der Waals surface area contributed by atoms with Crippen molar-refractivity contribution in [2.75, 3.05) is 28.4 Å². The summed E-state index contributed by atoms with van der Waals surface area (Å²) in [6.07, 6.45) is 0. The second-order valence-corrected chi connectivity index (χ2v) is 6.43. The third kappa shape index (κ3) is 6.22. The Morgan fingerprint density at radius 3 is 1.58 bits per heavy atom. The minimum absolute atomic E-state index is 0. The van der Waals surface area contributed by atoms with Gasteiger partial charge in [-0.2, -0.15) is 0 Å². The van der Waals surface area contributed by atoms with Crippen LogP contribution >= 0.6 is 0 Å². The minimum atomic E-state index is 0. The molecule has 6 heteroatoms. The molecule has 0 radical (unpaired) electrons. The van der Waals surface area contributed by atoms with Gasteiger partial charge in [-0.3, -0.25) is 0 Å². The molecule has 0 N–H and O–H groups in total. The lowest BCUT2D eigenvalue weighted by Gasteiger charge is -2.14. The Balaban J connectivity index is 0.00000341. The monoisotopic (exact) mass is 426 g/mol. The number of hydrogen-bond acceptors (Lipinski definition) is 6. The van der Waals surface area contributed by atoms with Crippen molar-refractivity contribution >= 4 is 0 Å². The molecule has 0 aliphatic heterocycles. The fourth-order valence-electron chi connectivity index (χ4n) is 2.93. The summed E-state index contributed by atoms with van der Waals surface area (Å²) in [6, 6.07) is 18.9. The Morgan fingerprint density at radius 1 is 0.516 bits per heavy atom. The summed E-state index contributed by atoms with van der Waals surface area (Å²) in [7, 11) is 6.46. The number of rotatable bonds is 10. The van der Waals surface area contributed by atoms with E-state index in [9.17, 15) is 0 Å². The molecule has 31 heavy (non-hydrogen) atoms. The number of benzene rings is 3. The van der Waals surface area contributed by atoms with Gasteiger partial charge in [-0.15, -0.1) is 0 Å². The summed E-state index contributed by atoms with van der Waals surface area (Å²) in [5, 5.41) is 0. The van der Waals surface area contributed by atoms with Crippen LogP contribution in [0, 0.1) is 0 Å². The quantitative estimate of drug-likeness (QED) is 0.426. The van der Waals surface area contributed by atoms with E-state index < -0.39 is 0 Å². The average molecular weight is 427 g/mol. The van der Waals surface area contributed by atoms with Crippen LogP contribution in [0.1, 0.15) is 18.6 Å². The van der Waals surface area contributed by atoms with Gasteiger partial charge < -0.3 is 28.4 Å². The van der Waals surface area contributed by atoms with Crippen molar-refractivity contribution in [3.8, 4) is 34.5 Å². The standard InChI is InChI=1S/C24H26O6.CH4/c1-25-19-11-18(12-20(14-19)26-2)16-30-23-8-6-5-7-22(23)29-15-17-9-10-21(27-3)24(13-17)28-4;/h5-14H,15-16H2,1-4H3;1H4. The Kier molecular flexibility index (Phi) is 8.88. The number of para-hydroxylation sites is 2. The molecule has 0 atom stereocenters. The summed E-state index contributed by atoms with van der Waals surface area (Å²) < 4.78 is 33.3. The molecule has 0 aromatic heterocycles. The normalized spacial score (nSPS) is 9.94. The molecular weight excluding hydrogens is 396 g/mol. The second kappa shape index (κ2) is 11.6. The van der Waals surface area contributed by atoms with Crippen molar-refractivity contribution in [2.24, 2.45) is 0 Å². The smallest absolute Gasteiger partial charge is 0.161 e. The highest BCUT2D eigenvalue weighted by Gasteiger charge is 2.09. The van der Waals surface area contributed by atoms with E-state index in [0.29, 0.717) is 47.7 Å². The molecule has 3 aromatic carbocycles. The highest BCUT2D eigenvalue weighted by atomic mass is 16.5. The fraction of sp³-hybridized carbons (Fsp3) is 0.280. The van der Waals surface area contributed by atoms with Crippen LogP contribution in [0.5, 0.6) is 34.5 Å². The molecule has 3 rings (SSSR count). The predicted molar refractivity (Wildman–Crippen MR) is 121 cm³/mol. The van der Waals surface area contributed by atoms with Gasteiger partial charge in [0.25, 0.3) is 0 Å². The lowest BCUT2D eigenvalue weighted by molar-refractivity contribution is 0.255. The zero-order valence-corrected chi connectivity index (χ0v) is 17.6. The molecule has 0 saturated carbocycles. The first-order chi connectivity index (χ1) is 14.7. The summed E-state index contributed by atoms with van der Waals surface area (Å²) >= 11 is 0. The highest BCUT2D eigenvalue weighted by molar-refractivity contribution is 5.44. The molecule has 3 aromatic rings. The largest absolute Gasteiger partial charge is 0.497 e. The van der Waals surface area contributed by atoms with E-state index in [0.717, 1.165) is 11.1 Å². The van der Waals surface area contributed by atoms with Crippen molar-refractivity contribution < 1.29 is 28.4 Å². The van der Waals surface area contributed by atoms with Crippen LogP contribution in [0.3, 0.4) is 0 Å². The predicted octanol–water partition coefficient (Wildman–Crippen LogP) is 5.52. The second-order valence-electron chi connectivity index (χ2n) is 6.43. The fourth-order valence-corrected chi connectivity index (χ4v) is 2.93. The Morgan fingerprint density at radius 2 is 1.06 bits per heavy atom. The molecule has 0 unspecified atom stereocenters. The molecular formula is C25H30O6. The van der Waals surface area contributed by atoms with Gasteiger partial charge in [0.2, 0.25) is 0 Å². The van der Waals surface area contributed by atoms with Crippen molar-refractivity contribution in [2.45, 2.75) is 20.6 Å². The maximum absolute atomic E-state index is 6.01.